The molecule has 2 atom stereocenters. The van der Waals surface area contributed by atoms with Gasteiger partial charge in [0.25, 0.3) is 0 Å². The van der Waals surface area contributed by atoms with Crippen molar-refractivity contribution >= 4 is 0 Å². The quantitative estimate of drug-likeness (QED) is 0.727. The Morgan fingerprint density at radius 3 is 2.23 bits per heavy atom. The van der Waals surface area contributed by atoms with Crippen molar-refractivity contribution in [3.8, 4) is 0 Å². The maximum absolute atomic E-state index is 6.07. The first kappa shape index (κ1) is 11.0. The average molecular weight is 184 g/mol. The number of rotatable bonds is 3. The molecule has 0 saturated carbocycles. The first-order valence-electron chi connectivity index (χ1n) is 5.62. The second kappa shape index (κ2) is 4.43. The van der Waals surface area contributed by atoms with Crippen LogP contribution in [0.3, 0.4) is 0 Å². The maximum Gasteiger partial charge on any atom is 0.0326 e. The van der Waals surface area contributed by atoms with Crippen molar-refractivity contribution in [3.05, 3.63) is 0 Å². The third-order valence-corrected chi connectivity index (χ3v) is 3.78. The van der Waals surface area contributed by atoms with Gasteiger partial charge in [-0.2, -0.15) is 0 Å². The van der Waals surface area contributed by atoms with Gasteiger partial charge >= 0.3 is 0 Å². The third-order valence-electron chi connectivity index (χ3n) is 3.78. The van der Waals surface area contributed by atoms with Crippen LogP contribution in [0, 0.1) is 0 Å². The van der Waals surface area contributed by atoms with Gasteiger partial charge in [0.1, 0.15) is 0 Å². The van der Waals surface area contributed by atoms with Crippen molar-refractivity contribution in [2.75, 3.05) is 13.1 Å². The zero-order chi connectivity index (χ0) is 9.90. The zero-order valence-corrected chi connectivity index (χ0v) is 9.34. The van der Waals surface area contributed by atoms with E-state index in [0.29, 0.717) is 0 Å². The molecule has 0 aromatic carbocycles. The molecule has 2 nitrogen and oxygen atoms in total. The van der Waals surface area contributed by atoms with E-state index < -0.39 is 0 Å². The summed E-state index contributed by atoms with van der Waals surface area (Å²) in [5.41, 5.74) is 6.29. The fourth-order valence-corrected chi connectivity index (χ4v) is 2.24. The molecule has 0 aromatic rings. The van der Waals surface area contributed by atoms with E-state index in [1.807, 2.05) is 0 Å². The molecule has 0 bridgehead atoms. The van der Waals surface area contributed by atoms with E-state index >= 15 is 0 Å². The summed E-state index contributed by atoms with van der Waals surface area (Å²) in [5, 5.41) is 0. The van der Waals surface area contributed by atoms with Gasteiger partial charge in [-0.1, -0.05) is 13.3 Å². The third kappa shape index (κ3) is 2.23. The van der Waals surface area contributed by atoms with Crippen LogP contribution in [0.2, 0.25) is 0 Å². The molecule has 1 saturated heterocycles. The Balaban J connectivity index is 2.62. The topological polar surface area (TPSA) is 29.3 Å². The smallest absolute Gasteiger partial charge is 0.0326 e. The summed E-state index contributed by atoms with van der Waals surface area (Å²) in [6, 6.07) is 0.274. The maximum atomic E-state index is 6.07. The van der Waals surface area contributed by atoms with Crippen LogP contribution in [0.25, 0.3) is 0 Å². The van der Waals surface area contributed by atoms with Crippen LogP contribution in [0.4, 0.5) is 0 Å². The normalized spacial score (nSPS) is 26.8. The van der Waals surface area contributed by atoms with Crippen LogP contribution >= 0.6 is 0 Å². The predicted octanol–water partition coefficient (Wildman–Crippen LogP) is 1.99. The van der Waals surface area contributed by atoms with Gasteiger partial charge in [-0.25, -0.2) is 0 Å². The number of hydrogen-bond acceptors (Lipinski definition) is 2. The standard InChI is InChI=1S/C11H24N2/c1-4-11(3,10(2)12)13-8-6-5-7-9-13/h10H,4-9,12H2,1-3H3. The lowest BCUT2D eigenvalue weighted by atomic mass is 9.87. The number of piperidine rings is 1. The molecule has 2 unspecified atom stereocenters. The van der Waals surface area contributed by atoms with Gasteiger partial charge in [0.15, 0.2) is 0 Å². The molecule has 1 fully saturated rings. The highest BCUT2D eigenvalue weighted by Crippen LogP contribution is 2.26. The van der Waals surface area contributed by atoms with Crippen LogP contribution < -0.4 is 5.73 Å². The number of hydrogen-bond donors (Lipinski definition) is 1. The van der Waals surface area contributed by atoms with Gasteiger partial charge < -0.3 is 5.73 Å². The lowest BCUT2D eigenvalue weighted by Gasteiger charge is -2.45. The second-order valence-electron chi connectivity index (χ2n) is 4.55. The van der Waals surface area contributed by atoms with E-state index in [-0.39, 0.29) is 11.6 Å². The van der Waals surface area contributed by atoms with Crippen LogP contribution in [-0.4, -0.2) is 29.6 Å². The van der Waals surface area contributed by atoms with Crippen molar-refractivity contribution in [2.24, 2.45) is 5.73 Å². The van der Waals surface area contributed by atoms with Gasteiger partial charge in [0.05, 0.1) is 0 Å². The predicted molar refractivity (Wildman–Crippen MR) is 57.8 cm³/mol. The minimum atomic E-state index is 0.223. The fraction of sp³-hybridized carbons (Fsp3) is 1.00. The summed E-state index contributed by atoms with van der Waals surface area (Å²) in [6.45, 7) is 9.18. The van der Waals surface area contributed by atoms with E-state index in [2.05, 4.69) is 25.7 Å². The summed E-state index contributed by atoms with van der Waals surface area (Å²) < 4.78 is 0. The fourth-order valence-electron chi connectivity index (χ4n) is 2.24. The minimum Gasteiger partial charge on any atom is -0.326 e. The molecule has 0 radical (unpaired) electrons. The van der Waals surface area contributed by atoms with Crippen LogP contribution in [-0.2, 0) is 0 Å². The van der Waals surface area contributed by atoms with Crippen molar-refractivity contribution in [3.63, 3.8) is 0 Å². The minimum absolute atomic E-state index is 0.223. The highest BCUT2D eigenvalue weighted by atomic mass is 15.2. The van der Waals surface area contributed by atoms with Gasteiger partial charge in [-0.3, -0.25) is 4.90 Å². The Bertz CT molecular complexity index is 150. The number of likely N-dealkylation sites (tertiary alicyclic amines) is 1. The summed E-state index contributed by atoms with van der Waals surface area (Å²) in [7, 11) is 0. The molecule has 2 N–H and O–H groups in total. The summed E-state index contributed by atoms with van der Waals surface area (Å²) in [4.78, 5) is 2.58. The van der Waals surface area contributed by atoms with Crippen LogP contribution in [0.1, 0.15) is 46.5 Å². The first-order chi connectivity index (χ1) is 6.11. The first-order valence-corrected chi connectivity index (χ1v) is 5.62. The molecule has 13 heavy (non-hydrogen) atoms. The molecule has 0 spiro atoms. The van der Waals surface area contributed by atoms with Crippen molar-refractivity contribution in [1.82, 2.24) is 4.90 Å². The van der Waals surface area contributed by atoms with Crippen molar-refractivity contribution < 1.29 is 0 Å². The summed E-state index contributed by atoms with van der Waals surface area (Å²) in [6.07, 6.45) is 5.25. The van der Waals surface area contributed by atoms with Crippen molar-refractivity contribution in [1.29, 1.82) is 0 Å². The lowest BCUT2D eigenvalue weighted by Crippen LogP contribution is -2.57. The van der Waals surface area contributed by atoms with Gasteiger partial charge in [0.2, 0.25) is 0 Å². The highest BCUT2D eigenvalue weighted by Gasteiger charge is 2.34. The summed E-state index contributed by atoms with van der Waals surface area (Å²) in [5.74, 6) is 0. The molecule has 1 aliphatic rings. The van der Waals surface area contributed by atoms with Gasteiger partial charge in [0, 0.05) is 11.6 Å². The molecular weight excluding hydrogens is 160 g/mol. The van der Waals surface area contributed by atoms with E-state index in [1.165, 1.54) is 32.4 Å². The molecule has 0 aliphatic carbocycles. The monoisotopic (exact) mass is 184 g/mol. The Labute approximate surface area is 82.5 Å². The van der Waals surface area contributed by atoms with E-state index in [0.717, 1.165) is 6.42 Å². The van der Waals surface area contributed by atoms with Crippen LogP contribution in [0.15, 0.2) is 0 Å². The Morgan fingerprint density at radius 1 is 1.31 bits per heavy atom. The van der Waals surface area contributed by atoms with Gasteiger partial charge in [-0.15, -0.1) is 0 Å². The molecule has 1 rings (SSSR count). The molecule has 78 valence electrons. The number of nitrogens with zero attached hydrogens (tertiary/aromatic N) is 1. The number of nitrogens with two attached hydrogens (primary N) is 1. The zero-order valence-electron chi connectivity index (χ0n) is 9.34. The average Bonchev–Trinajstić information content (AvgIpc) is 2.17. The molecule has 1 aliphatic heterocycles. The SMILES string of the molecule is CCC(C)(C(C)N)N1CCCCC1. The van der Waals surface area contributed by atoms with Crippen molar-refractivity contribution in [2.45, 2.75) is 58.0 Å². The Hall–Kier alpha value is -0.0800. The Kier molecular flexibility index (Phi) is 3.74. The molecule has 2 heteroatoms. The molecule has 1 heterocycles. The molecular formula is C11H24N2. The van der Waals surface area contributed by atoms with Crippen LogP contribution in [0.5, 0.6) is 0 Å². The summed E-state index contributed by atoms with van der Waals surface area (Å²) >= 11 is 0. The molecule has 0 aromatic heterocycles. The highest BCUT2D eigenvalue weighted by molar-refractivity contribution is 4.93. The largest absolute Gasteiger partial charge is 0.326 e. The second-order valence-corrected chi connectivity index (χ2v) is 4.55. The van der Waals surface area contributed by atoms with E-state index in [9.17, 15) is 0 Å². The Morgan fingerprint density at radius 2 is 1.85 bits per heavy atom. The lowest BCUT2D eigenvalue weighted by molar-refractivity contribution is 0.0594. The molecule has 0 amide bonds. The van der Waals surface area contributed by atoms with E-state index in [4.69, 9.17) is 5.73 Å². The van der Waals surface area contributed by atoms with E-state index in [1.54, 1.807) is 0 Å². The van der Waals surface area contributed by atoms with Gasteiger partial charge in [-0.05, 0) is 46.2 Å².